The molecular weight excluding hydrogens is 306 g/mol. The normalized spacial score (nSPS) is 18.8. The number of carboxylic acids is 1. The highest BCUT2D eigenvalue weighted by Crippen LogP contribution is 2.28. The van der Waals surface area contributed by atoms with Gasteiger partial charge >= 0.3 is 5.97 Å². The zero-order chi connectivity index (χ0) is 13.8. The first kappa shape index (κ1) is 14.5. The molecule has 4 heteroatoms. The Bertz CT molecular complexity index is 453. The molecule has 0 aromatic heterocycles. The van der Waals surface area contributed by atoms with Crippen molar-refractivity contribution in [3.63, 3.8) is 0 Å². The lowest BCUT2D eigenvalue weighted by Crippen LogP contribution is -2.34. The van der Waals surface area contributed by atoms with Crippen LogP contribution in [-0.4, -0.2) is 29.1 Å². The van der Waals surface area contributed by atoms with E-state index in [-0.39, 0.29) is 0 Å². The van der Waals surface area contributed by atoms with E-state index in [0.717, 1.165) is 41.5 Å². The Balaban J connectivity index is 2.27. The SMILES string of the molecule is Cc1ccc(C(C(=O)O)N2CCCCCC2)cc1Br. The molecule has 1 aromatic carbocycles. The van der Waals surface area contributed by atoms with Crippen molar-refractivity contribution in [2.75, 3.05) is 13.1 Å². The molecule has 19 heavy (non-hydrogen) atoms. The number of likely N-dealkylation sites (tertiary alicyclic amines) is 1. The first-order valence-corrected chi connectivity index (χ1v) is 7.62. The molecule has 0 amide bonds. The average molecular weight is 326 g/mol. The first-order valence-electron chi connectivity index (χ1n) is 6.82. The molecule has 104 valence electrons. The minimum atomic E-state index is -0.752. The maximum Gasteiger partial charge on any atom is 0.325 e. The summed E-state index contributed by atoms with van der Waals surface area (Å²) >= 11 is 3.49. The van der Waals surface area contributed by atoms with Crippen molar-refractivity contribution in [3.8, 4) is 0 Å². The maximum absolute atomic E-state index is 11.7. The summed E-state index contributed by atoms with van der Waals surface area (Å²) in [6.07, 6.45) is 4.61. The van der Waals surface area contributed by atoms with Crippen LogP contribution in [0.15, 0.2) is 22.7 Å². The van der Waals surface area contributed by atoms with Gasteiger partial charge in [0, 0.05) is 4.47 Å². The Hall–Kier alpha value is -0.870. The summed E-state index contributed by atoms with van der Waals surface area (Å²) in [7, 11) is 0. The Morgan fingerprint density at radius 3 is 2.42 bits per heavy atom. The molecule has 0 spiro atoms. The number of halogens is 1. The van der Waals surface area contributed by atoms with Gasteiger partial charge < -0.3 is 5.11 Å². The molecule has 1 heterocycles. The molecule has 3 nitrogen and oxygen atoms in total. The number of benzene rings is 1. The molecular formula is C15H20BrNO2. The number of nitrogens with zero attached hydrogens (tertiary/aromatic N) is 1. The van der Waals surface area contributed by atoms with Crippen molar-refractivity contribution in [2.24, 2.45) is 0 Å². The summed E-state index contributed by atoms with van der Waals surface area (Å²) in [5.74, 6) is -0.752. The smallest absolute Gasteiger partial charge is 0.325 e. The van der Waals surface area contributed by atoms with Gasteiger partial charge in [-0.1, -0.05) is 40.9 Å². The van der Waals surface area contributed by atoms with Gasteiger partial charge in [-0.3, -0.25) is 9.69 Å². The number of aryl methyl sites for hydroxylation is 1. The topological polar surface area (TPSA) is 40.5 Å². The van der Waals surface area contributed by atoms with E-state index in [9.17, 15) is 9.90 Å². The summed E-state index contributed by atoms with van der Waals surface area (Å²) in [6, 6.07) is 5.34. The van der Waals surface area contributed by atoms with E-state index >= 15 is 0 Å². The second-order valence-corrected chi connectivity index (χ2v) is 6.05. The van der Waals surface area contributed by atoms with E-state index < -0.39 is 12.0 Å². The lowest BCUT2D eigenvalue weighted by Gasteiger charge is -2.27. The second kappa shape index (κ2) is 6.53. The molecule has 0 bridgehead atoms. The standard InChI is InChI=1S/C15H20BrNO2/c1-11-6-7-12(10-13(11)16)14(15(18)19)17-8-4-2-3-5-9-17/h6-7,10,14H,2-5,8-9H2,1H3,(H,18,19). The highest BCUT2D eigenvalue weighted by Gasteiger charge is 2.28. The average Bonchev–Trinajstić information content (AvgIpc) is 2.62. The monoisotopic (exact) mass is 325 g/mol. The van der Waals surface area contributed by atoms with Crippen LogP contribution in [0.5, 0.6) is 0 Å². The molecule has 1 N–H and O–H groups in total. The lowest BCUT2D eigenvalue weighted by molar-refractivity contribution is -0.143. The zero-order valence-corrected chi connectivity index (χ0v) is 12.8. The van der Waals surface area contributed by atoms with Crippen molar-refractivity contribution >= 4 is 21.9 Å². The summed E-state index contributed by atoms with van der Waals surface area (Å²) in [4.78, 5) is 13.8. The van der Waals surface area contributed by atoms with Crippen molar-refractivity contribution in [2.45, 2.75) is 38.6 Å². The fraction of sp³-hybridized carbons (Fsp3) is 0.533. The summed E-state index contributed by atoms with van der Waals surface area (Å²) in [5.41, 5.74) is 2.00. The zero-order valence-electron chi connectivity index (χ0n) is 11.2. The fourth-order valence-electron chi connectivity index (χ4n) is 2.64. The van der Waals surface area contributed by atoms with Gasteiger partial charge in [0.15, 0.2) is 0 Å². The Morgan fingerprint density at radius 2 is 1.89 bits per heavy atom. The molecule has 1 aliphatic heterocycles. The molecule has 1 unspecified atom stereocenters. The van der Waals surface area contributed by atoms with Crippen LogP contribution in [0.25, 0.3) is 0 Å². The van der Waals surface area contributed by atoms with Gasteiger partial charge in [0.2, 0.25) is 0 Å². The lowest BCUT2D eigenvalue weighted by atomic mass is 10.0. The number of hydrogen-bond donors (Lipinski definition) is 1. The third-order valence-electron chi connectivity index (χ3n) is 3.75. The van der Waals surface area contributed by atoms with E-state index in [0.29, 0.717) is 0 Å². The second-order valence-electron chi connectivity index (χ2n) is 5.20. The summed E-state index contributed by atoms with van der Waals surface area (Å²) < 4.78 is 0.978. The summed E-state index contributed by atoms with van der Waals surface area (Å²) in [6.45, 7) is 3.76. The van der Waals surface area contributed by atoms with Gasteiger partial charge in [-0.25, -0.2) is 0 Å². The molecule has 2 rings (SSSR count). The van der Waals surface area contributed by atoms with Gasteiger partial charge in [0.05, 0.1) is 0 Å². The molecule has 1 saturated heterocycles. The number of carbonyl (C=O) groups is 1. The largest absolute Gasteiger partial charge is 0.480 e. The first-order chi connectivity index (χ1) is 9.09. The molecule has 0 aliphatic carbocycles. The van der Waals surface area contributed by atoms with Crippen LogP contribution < -0.4 is 0 Å². The number of carboxylic acid groups (broad SMARTS) is 1. The van der Waals surface area contributed by atoms with Crippen LogP contribution in [0, 0.1) is 6.92 Å². The Labute approximate surface area is 122 Å². The molecule has 1 aliphatic rings. The van der Waals surface area contributed by atoms with Crippen LogP contribution in [0.2, 0.25) is 0 Å². The third-order valence-corrected chi connectivity index (χ3v) is 4.61. The summed E-state index contributed by atoms with van der Waals surface area (Å²) in [5, 5.41) is 9.57. The number of hydrogen-bond acceptors (Lipinski definition) is 2. The highest BCUT2D eigenvalue weighted by atomic mass is 79.9. The van der Waals surface area contributed by atoms with Gasteiger partial charge in [-0.2, -0.15) is 0 Å². The van der Waals surface area contributed by atoms with E-state index in [2.05, 4.69) is 20.8 Å². The molecule has 0 saturated carbocycles. The van der Waals surface area contributed by atoms with Crippen LogP contribution in [0.3, 0.4) is 0 Å². The predicted molar refractivity (Wildman–Crippen MR) is 79.3 cm³/mol. The van der Waals surface area contributed by atoms with E-state index in [1.165, 1.54) is 12.8 Å². The van der Waals surface area contributed by atoms with Crippen LogP contribution in [0.4, 0.5) is 0 Å². The van der Waals surface area contributed by atoms with E-state index in [1.54, 1.807) is 0 Å². The minimum Gasteiger partial charge on any atom is -0.480 e. The maximum atomic E-state index is 11.7. The Morgan fingerprint density at radius 1 is 1.26 bits per heavy atom. The van der Waals surface area contributed by atoms with Gasteiger partial charge in [-0.05, 0) is 50.0 Å². The van der Waals surface area contributed by atoms with E-state index in [4.69, 9.17) is 0 Å². The van der Waals surface area contributed by atoms with Crippen LogP contribution >= 0.6 is 15.9 Å². The molecule has 1 fully saturated rings. The van der Waals surface area contributed by atoms with Gasteiger partial charge in [0.1, 0.15) is 6.04 Å². The predicted octanol–water partition coefficient (Wildman–Crippen LogP) is 3.76. The van der Waals surface area contributed by atoms with Crippen molar-refractivity contribution < 1.29 is 9.90 Å². The van der Waals surface area contributed by atoms with Crippen molar-refractivity contribution in [1.29, 1.82) is 0 Å². The molecule has 1 aromatic rings. The minimum absolute atomic E-state index is 0.519. The fourth-order valence-corrected chi connectivity index (χ4v) is 3.04. The quantitative estimate of drug-likeness (QED) is 0.919. The van der Waals surface area contributed by atoms with Crippen LogP contribution in [-0.2, 0) is 4.79 Å². The van der Waals surface area contributed by atoms with Crippen molar-refractivity contribution in [3.05, 3.63) is 33.8 Å². The number of rotatable bonds is 3. The molecule has 0 radical (unpaired) electrons. The van der Waals surface area contributed by atoms with Crippen LogP contribution in [0.1, 0.15) is 42.9 Å². The van der Waals surface area contributed by atoms with E-state index in [1.807, 2.05) is 25.1 Å². The third kappa shape index (κ3) is 3.57. The van der Waals surface area contributed by atoms with Gasteiger partial charge in [-0.15, -0.1) is 0 Å². The highest BCUT2D eigenvalue weighted by molar-refractivity contribution is 9.10. The Kier molecular flexibility index (Phi) is 4.99. The van der Waals surface area contributed by atoms with Crippen molar-refractivity contribution in [1.82, 2.24) is 4.90 Å². The van der Waals surface area contributed by atoms with Gasteiger partial charge in [0.25, 0.3) is 0 Å². The number of aliphatic carboxylic acids is 1. The molecule has 1 atom stereocenters.